The number of para-hydroxylation sites is 1. The summed E-state index contributed by atoms with van der Waals surface area (Å²) in [5, 5.41) is 3.79. The molecule has 1 aliphatic heterocycles. The minimum absolute atomic E-state index is 0.0151. The summed E-state index contributed by atoms with van der Waals surface area (Å²) in [7, 11) is 0. The van der Waals surface area contributed by atoms with Gasteiger partial charge in [-0.2, -0.15) is 0 Å². The molecule has 3 aromatic rings. The summed E-state index contributed by atoms with van der Waals surface area (Å²) in [5.74, 6) is -0.297. The van der Waals surface area contributed by atoms with E-state index in [0.29, 0.717) is 29.1 Å². The first kappa shape index (κ1) is 20.4. The van der Waals surface area contributed by atoms with Gasteiger partial charge in [0.1, 0.15) is 6.54 Å². The van der Waals surface area contributed by atoms with Crippen molar-refractivity contribution in [2.24, 2.45) is 0 Å². The molecule has 7 nitrogen and oxygen atoms in total. The average molecular weight is 428 g/mol. The molecule has 0 saturated carbocycles. The molecular formula is C22H22ClN3O4. The molecule has 8 heteroatoms. The van der Waals surface area contributed by atoms with E-state index in [-0.39, 0.29) is 30.7 Å². The van der Waals surface area contributed by atoms with Gasteiger partial charge in [0.2, 0.25) is 5.91 Å². The minimum atomic E-state index is -0.527. The maximum atomic E-state index is 13.2. The number of benzene rings is 2. The van der Waals surface area contributed by atoms with E-state index in [1.165, 1.54) is 4.57 Å². The van der Waals surface area contributed by atoms with Gasteiger partial charge in [-0.15, -0.1) is 0 Å². The van der Waals surface area contributed by atoms with Crippen LogP contribution in [0.5, 0.6) is 0 Å². The second-order valence-corrected chi connectivity index (χ2v) is 7.78. The predicted octanol–water partition coefficient (Wildman–Crippen LogP) is 2.16. The summed E-state index contributed by atoms with van der Waals surface area (Å²) in [6.45, 7) is 1.04. The molecule has 0 unspecified atom stereocenters. The quantitative estimate of drug-likeness (QED) is 0.653. The maximum absolute atomic E-state index is 13.2. The molecule has 0 bridgehead atoms. The smallest absolute Gasteiger partial charge is 0.332 e. The average Bonchev–Trinajstić information content (AvgIpc) is 3.28. The van der Waals surface area contributed by atoms with Crippen LogP contribution in [-0.2, 0) is 22.6 Å². The van der Waals surface area contributed by atoms with Gasteiger partial charge in [0, 0.05) is 18.2 Å². The summed E-state index contributed by atoms with van der Waals surface area (Å²) < 4.78 is 8.02. The first-order valence-electron chi connectivity index (χ1n) is 9.88. The van der Waals surface area contributed by atoms with Crippen molar-refractivity contribution in [3.63, 3.8) is 0 Å². The van der Waals surface area contributed by atoms with Crippen LogP contribution in [-0.4, -0.2) is 34.3 Å². The lowest BCUT2D eigenvalue weighted by atomic mass is 10.2. The summed E-state index contributed by atoms with van der Waals surface area (Å²) >= 11 is 5.93. The number of rotatable bonds is 6. The van der Waals surface area contributed by atoms with Crippen molar-refractivity contribution >= 4 is 28.4 Å². The second-order valence-electron chi connectivity index (χ2n) is 7.34. The number of halogens is 1. The van der Waals surface area contributed by atoms with Crippen molar-refractivity contribution in [3.05, 3.63) is 80.0 Å². The number of ether oxygens (including phenoxy) is 1. The zero-order valence-electron chi connectivity index (χ0n) is 16.3. The van der Waals surface area contributed by atoms with Crippen molar-refractivity contribution < 1.29 is 9.53 Å². The highest BCUT2D eigenvalue weighted by Gasteiger charge is 2.18. The summed E-state index contributed by atoms with van der Waals surface area (Å²) in [5.41, 5.74) is 0.290. The molecule has 1 N–H and O–H groups in total. The topological polar surface area (TPSA) is 82.3 Å². The molecule has 30 heavy (non-hydrogen) atoms. The molecule has 1 atom stereocenters. The predicted molar refractivity (Wildman–Crippen MR) is 115 cm³/mol. The Morgan fingerprint density at radius 1 is 1.10 bits per heavy atom. The van der Waals surface area contributed by atoms with Crippen LogP contribution in [0.2, 0.25) is 5.02 Å². The van der Waals surface area contributed by atoms with Crippen molar-refractivity contribution in [2.75, 3.05) is 13.2 Å². The van der Waals surface area contributed by atoms with Gasteiger partial charge in [0.15, 0.2) is 0 Å². The van der Waals surface area contributed by atoms with Gasteiger partial charge in [-0.25, -0.2) is 4.79 Å². The lowest BCUT2D eigenvalue weighted by molar-refractivity contribution is -0.122. The third-order valence-corrected chi connectivity index (χ3v) is 5.49. The van der Waals surface area contributed by atoms with Gasteiger partial charge in [0.05, 0.1) is 23.6 Å². The fourth-order valence-corrected chi connectivity index (χ4v) is 3.79. The third-order valence-electron chi connectivity index (χ3n) is 5.24. The third kappa shape index (κ3) is 4.32. The van der Waals surface area contributed by atoms with E-state index < -0.39 is 5.69 Å². The van der Waals surface area contributed by atoms with E-state index in [2.05, 4.69) is 5.32 Å². The Morgan fingerprint density at radius 3 is 2.60 bits per heavy atom. The molecule has 2 heterocycles. The van der Waals surface area contributed by atoms with Crippen LogP contribution in [0.25, 0.3) is 10.9 Å². The number of hydrogen-bond acceptors (Lipinski definition) is 4. The zero-order valence-corrected chi connectivity index (χ0v) is 17.1. The Balaban J connectivity index is 1.67. The van der Waals surface area contributed by atoms with Gasteiger partial charge >= 0.3 is 5.69 Å². The Bertz CT molecular complexity index is 1180. The first-order chi connectivity index (χ1) is 14.5. The Morgan fingerprint density at radius 2 is 1.87 bits per heavy atom. The van der Waals surface area contributed by atoms with Crippen LogP contribution in [0.3, 0.4) is 0 Å². The highest BCUT2D eigenvalue weighted by molar-refractivity contribution is 6.30. The van der Waals surface area contributed by atoms with E-state index in [1.54, 1.807) is 48.5 Å². The van der Waals surface area contributed by atoms with Crippen LogP contribution in [0, 0.1) is 0 Å². The van der Waals surface area contributed by atoms with E-state index in [0.717, 1.165) is 23.0 Å². The molecule has 1 aliphatic rings. The SMILES string of the molecule is O=C(Cn1c(=O)n(Cc2ccc(Cl)cc2)c(=O)c2ccccc21)NC[C@@H]1CCCO1. The number of nitrogens with one attached hydrogen (secondary N) is 1. The molecule has 1 fully saturated rings. The van der Waals surface area contributed by atoms with Crippen LogP contribution in [0.1, 0.15) is 18.4 Å². The zero-order chi connectivity index (χ0) is 21.1. The van der Waals surface area contributed by atoms with E-state index in [1.807, 2.05) is 0 Å². The molecule has 156 valence electrons. The maximum Gasteiger partial charge on any atom is 0.332 e. The molecule has 0 radical (unpaired) electrons. The van der Waals surface area contributed by atoms with Crippen LogP contribution in [0.4, 0.5) is 0 Å². The number of carbonyl (C=O) groups excluding carboxylic acids is 1. The van der Waals surface area contributed by atoms with E-state index >= 15 is 0 Å². The van der Waals surface area contributed by atoms with Gasteiger partial charge in [-0.3, -0.25) is 18.7 Å². The minimum Gasteiger partial charge on any atom is -0.376 e. The number of aromatic nitrogens is 2. The van der Waals surface area contributed by atoms with Crippen LogP contribution in [0.15, 0.2) is 58.1 Å². The van der Waals surface area contributed by atoms with Crippen molar-refractivity contribution in [1.29, 1.82) is 0 Å². The van der Waals surface area contributed by atoms with Gasteiger partial charge in [0.25, 0.3) is 5.56 Å². The lowest BCUT2D eigenvalue weighted by Crippen LogP contribution is -2.43. The van der Waals surface area contributed by atoms with E-state index in [9.17, 15) is 14.4 Å². The fraction of sp³-hybridized carbons (Fsp3) is 0.318. The summed E-state index contributed by atoms with van der Waals surface area (Å²) in [6.07, 6.45) is 1.91. The van der Waals surface area contributed by atoms with Gasteiger partial charge < -0.3 is 10.1 Å². The standard InChI is InChI=1S/C22H22ClN3O4/c23-16-9-7-15(8-10-16)13-26-21(28)18-5-1-2-6-19(18)25(22(26)29)14-20(27)24-12-17-4-3-11-30-17/h1-2,5-10,17H,3-4,11-14H2,(H,24,27)/t17-/m0/s1. The number of hydrogen-bond donors (Lipinski definition) is 1. The second kappa shape index (κ2) is 8.85. The van der Waals surface area contributed by atoms with Gasteiger partial charge in [-0.1, -0.05) is 35.9 Å². The van der Waals surface area contributed by atoms with Crippen LogP contribution < -0.4 is 16.6 Å². The molecule has 1 amide bonds. The summed E-state index contributed by atoms with van der Waals surface area (Å²) in [4.78, 5) is 38.7. The number of fused-ring (bicyclic) bond motifs is 1. The molecule has 2 aromatic carbocycles. The lowest BCUT2D eigenvalue weighted by Gasteiger charge is -2.15. The molecule has 1 aromatic heterocycles. The van der Waals surface area contributed by atoms with Gasteiger partial charge in [-0.05, 0) is 42.7 Å². The fourth-order valence-electron chi connectivity index (χ4n) is 3.67. The normalized spacial score (nSPS) is 16.1. The van der Waals surface area contributed by atoms with E-state index in [4.69, 9.17) is 16.3 Å². The number of carbonyl (C=O) groups is 1. The molecule has 0 spiro atoms. The molecule has 4 rings (SSSR count). The van der Waals surface area contributed by atoms with Crippen LogP contribution >= 0.6 is 11.6 Å². The number of nitrogens with zero attached hydrogens (tertiary/aromatic N) is 2. The summed E-state index contributed by atoms with van der Waals surface area (Å²) in [6, 6.07) is 13.8. The van der Waals surface area contributed by atoms with Crippen molar-refractivity contribution in [1.82, 2.24) is 14.5 Å². The Labute approximate surface area is 177 Å². The monoisotopic (exact) mass is 427 g/mol. The Kier molecular flexibility index (Phi) is 6.01. The molecule has 0 aliphatic carbocycles. The van der Waals surface area contributed by atoms with Crippen molar-refractivity contribution in [3.8, 4) is 0 Å². The highest BCUT2D eigenvalue weighted by Crippen LogP contribution is 2.12. The van der Waals surface area contributed by atoms with Crippen molar-refractivity contribution in [2.45, 2.75) is 32.0 Å². The molecule has 1 saturated heterocycles. The molecular weight excluding hydrogens is 406 g/mol. The highest BCUT2D eigenvalue weighted by atomic mass is 35.5. The Hall–Kier alpha value is -2.90. The largest absolute Gasteiger partial charge is 0.376 e. The number of amides is 1. The first-order valence-corrected chi connectivity index (χ1v) is 10.3.